The Kier molecular flexibility index (Phi) is 5.51. The number of hydrogen-bond donors (Lipinski definition) is 2. The Morgan fingerprint density at radius 3 is 2.20 bits per heavy atom. The summed E-state index contributed by atoms with van der Waals surface area (Å²) < 4.78 is 38.6. The van der Waals surface area contributed by atoms with Crippen molar-refractivity contribution in [3.63, 3.8) is 0 Å². The molecule has 0 aliphatic heterocycles. The van der Waals surface area contributed by atoms with Crippen molar-refractivity contribution in [2.75, 3.05) is 26.3 Å². The van der Waals surface area contributed by atoms with Crippen LogP contribution in [0.4, 0.5) is 10.1 Å². The van der Waals surface area contributed by atoms with E-state index >= 15 is 0 Å². The minimum atomic E-state index is -4.28. The largest absolute Gasteiger partial charge is 0.395 e. The summed E-state index contributed by atoms with van der Waals surface area (Å²) in [6, 6.07) is 2.15. The van der Waals surface area contributed by atoms with Gasteiger partial charge in [-0.05, 0) is 6.07 Å². The summed E-state index contributed by atoms with van der Waals surface area (Å²) in [6.07, 6.45) is 0. The lowest BCUT2D eigenvalue weighted by Crippen LogP contribution is -2.36. The Labute approximate surface area is 114 Å². The molecular weight excluding hydrogens is 295 g/mol. The molecule has 1 rings (SSSR count). The van der Waals surface area contributed by atoms with Crippen LogP contribution in [0, 0.1) is 15.9 Å². The van der Waals surface area contributed by atoms with Crippen LogP contribution in [-0.2, 0) is 10.0 Å². The SMILES string of the molecule is O=[N+]([O-])c1ccc(S(=O)(=O)N(CCO)CCO)c(F)c1. The van der Waals surface area contributed by atoms with Gasteiger partial charge in [0.15, 0.2) is 0 Å². The van der Waals surface area contributed by atoms with Crippen LogP contribution in [0.1, 0.15) is 0 Å². The van der Waals surface area contributed by atoms with E-state index in [4.69, 9.17) is 10.2 Å². The van der Waals surface area contributed by atoms with E-state index in [1.165, 1.54) is 0 Å². The number of aliphatic hydroxyl groups is 2. The summed E-state index contributed by atoms with van der Waals surface area (Å²) in [7, 11) is -4.28. The topological polar surface area (TPSA) is 121 Å². The molecule has 0 saturated heterocycles. The first kappa shape index (κ1) is 16.4. The number of nitro benzene ring substituents is 1. The molecule has 0 fully saturated rings. The molecule has 0 radical (unpaired) electrons. The maximum absolute atomic E-state index is 13.7. The van der Waals surface area contributed by atoms with Gasteiger partial charge in [-0.3, -0.25) is 10.1 Å². The summed E-state index contributed by atoms with van der Waals surface area (Å²) >= 11 is 0. The summed E-state index contributed by atoms with van der Waals surface area (Å²) in [5.41, 5.74) is -0.572. The molecule has 0 spiro atoms. The number of non-ortho nitro benzene ring substituents is 1. The van der Waals surface area contributed by atoms with Crippen LogP contribution in [0.2, 0.25) is 0 Å². The fourth-order valence-corrected chi connectivity index (χ4v) is 2.99. The number of nitrogens with zero attached hydrogens (tertiary/aromatic N) is 2. The van der Waals surface area contributed by atoms with Crippen molar-refractivity contribution in [3.05, 3.63) is 34.1 Å². The highest BCUT2D eigenvalue weighted by Gasteiger charge is 2.28. The van der Waals surface area contributed by atoms with Crippen molar-refractivity contribution in [1.82, 2.24) is 4.31 Å². The van der Waals surface area contributed by atoms with Gasteiger partial charge in [0, 0.05) is 19.2 Å². The van der Waals surface area contributed by atoms with E-state index < -0.39 is 44.6 Å². The second kappa shape index (κ2) is 6.70. The summed E-state index contributed by atoms with van der Waals surface area (Å²) in [6.45, 7) is -1.65. The van der Waals surface area contributed by atoms with E-state index in [0.717, 1.165) is 12.1 Å². The molecule has 112 valence electrons. The molecule has 1 aromatic carbocycles. The van der Waals surface area contributed by atoms with Gasteiger partial charge >= 0.3 is 0 Å². The van der Waals surface area contributed by atoms with E-state index in [1.54, 1.807) is 0 Å². The van der Waals surface area contributed by atoms with Crippen molar-refractivity contribution in [2.45, 2.75) is 4.90 Å². The number of hydrogen-bond acceptors (Lipinski definition) is 6. The van der Waals surface area contributed by atoms with Crippen molar-refractivity contribution < 1.29 is 27.9 Å². The monoisotopic (exact) mass is 308 g/mol. The van der Waals surface area contributed by atoms with Gasteiger partial charge < -0.3 is 10.2 Å². The first-order chi connectivity index (χ1) is 9.34. The highest BCUT2D eigenvalue weighted by Crippen LogP contribution is 2.23. The smallest absolute Gasteiger partial charge is 0.272 e. The van der Waals surface area contributed by atoms with Crippen LogP contribution in [-0.4, -0.2) is 54.2 Å². The number of benzene rings is 1. The van der Waals surface area contributed by atoms with Crippen LogP contribution in [0.25, 0.3) is 0 Å². The second-order valence-corrected chi connectivity index (χ2v) is 5.63. The van der Waals surface area contributed by atoms with Crippen LogP contribution in [0.15, 0.2) is 23.1 Å². The van der Waals surface area contributed by atoms with Crippen molar-refractivity contribution in [1.29, 1.82) is 0 Å². The third kappa shape index (κ3) is 3.48. The number of halogens is 1. The van der Waals surface area contributed by atoms with Crippen LogP contribution >= 0.6 is 0 Å². The maximum atomic E-state index is 13.7. The Bertz CT molecular complexity index is 585. The average molecular weight is 308 g/mol. The molecule has 0 aliphatic rings. The van der Waals surface area contributed by atoms with E-state index in [9.17, 15) is 22.9 Å². The van der Waals surface area contributed by atoms with Crippen molar-refractivity contribution >= 4 is 15.7 Å². The van der Waals surface area contributed by atoms with Crippen LogP contribution in [0.5, 0.6) is 0 Å². The van der Waals surface area contributed by atoms with Gasteiger partial charge in [-0.2, -0.15) is 4.31 Å². The predicted octanol–water partition coefficient (Wildman–Crippen LogP) is -0.291. The molecule has 0 bridgehead atoms. The van der Waals surface area contributed by atoms with Crippen molar-refractivity contribution in [2.24, 2.45) is 0 Å². The van der Waals surface area contributed by atoms with Gasteiger partial charge in [-0.25, -0.2) is 12.8 Å². The average Bonchev–Trinajstić information content (AvgIpc) is 2.37. The van der Waals surface area contributed by atoms with Gasteiger partial charge in [0.2, 0.25) is 10.0 Å². The number of rotatable bonds is 7. The number of aliphatic hydroxyl groups excluding tert-OH is 2. The van der Waals surface area contributed by atoms with Gasteiger partial charge in [-0.15, -0.1) is 0 Å². The first-order valence-corrected chi connectivity index (χ1v) is 6.94. The Balaban J connectivity index is 3.23. The lowest BCUT2D eigenvalue weighted by molar-refractivity contribution is -0.385. The Morgan fingerprint density at radius 2 is 1.80 bits per heavy atom. The summed E-state index contributed by atoms with van der Waals surface area (Å²) in [4.78, 5) is 8.87. The third-order valence-corrected chi connectivity index (χ3v) is 4.37. The Morgan fingerprint density at radius 1 is 1.25 bits per heavy atom. The van der Waals surface area contributed by atoms with E-state index in [2.05, 4.69) is 0 Å². The van der Waals surface area contributed by atoms with E-state index in [1.807, 2.05) is 0 Å². The molecule has 1 aromatic rings. The summed E-state index contributed by atoms with van der Waals surface area (Å²) in [5.74, 6) is -1.26. The zero-order valence-electron chi connectivity index (χ0n) is 10.3. The number of nitro groups is 1. The van der Waals surface area contributed by atoms with Crippen molar-refractivity contribution in [3.8, 4) is 0 Å². The molecule has 0 aliphatic carbocycles. The van der Waals surface area contributed by atoms with E-state index in [-0.39, 0.29) is 13.1 Å². The normalized spacial score (nSPS) is 11.8. The van der Waals surface area contributed by atoms with Crippen LogP contribution in [0.3, 0.4) is 0 Å². The first-order valence-electron chi connectivity index (χ1n) is 5.50. The quantitative estimate of drug-likeness (QED) is 0.527. The summed E-state index contributed by atoms with van der Waals surface area (Å²) in [5, 5.41) is 28.0. The molecule has 0 atom stereocenters. The molecule has 10 heteroatoms. The van der Waals surface area contributed by atoms with Gasteiger partial charge in [0.1, 0.15) is 10.7 Å². The predicted molar refractivity (Wildman–Crippen MR) is 66.0 cm³/mol. The second-order valence-electron chi connectivity index (χ2n) is 3.72. The van der Waals surface area contributed by atoms with Gasteiger partial charge in [0.25, 0.3) is 5.69 Å². The minimum Gasteiger partial charge on any atom is -0.395 e. The molecule has 0 saturated carbocycles. The molecule has 0 heterocycles. The number of sulfonamides is 1. The van der Waals surface area contributed by atoms with Gasteiger partial charge in [-0.1, -0.05) is 0 Å². The molecule has 0 unspecified atom stereocenters. The Hall–Kier alpha value is -1.62. The molecule has 20 heavy (non-hydrogen) atoms. The molecular formula is C10H13FN2O6S. The lowest BCUT2D eigenvalue weighted by atomic mass is 10.3. The standard InChI is InChI=1S/C10H13FN2O6S/c11-9-7-8(13(16)17)1-2-10(9)20(18,19)12(3-5-14)4-6-15/h1-2,7,14-15H,3-6H2. The molecule has 8 nitrogen and oxygen atoms in total. The molecule has 2 N–H and O–H groups in total. The highest BCUT2D eigenvalue weighted by molar-refractivity contribution is 7.89. The zero-order valence-corrected chi connectivity index (χ0v) is 11.1. The van der Waals surface area contributed by atoms with Gasteiger partial charge in [0.05, 0.1) is 24.2 Å². The molecule has 0 aromatic heterocycles. The van der Waals surface area contributed by atoms with Crippen LogP contribution < -0.4 is 0 Å². The van der Waals surface area contributed by atoms with E-state index in [0.29, 0.717) is 10.4 Å². The fourth-order valence-electron chi connectivity index (χ4n) is 1.53. The maximum Gasteiger partial charge on any atom is 0.272 e. The zero-order chi connectivity index (χ0) is 15.3. The minimum absolute atomic E-state index is 0.320. The molecule has 0 amide bonds. The fraction of sp³-hybridized carbons (Fsp3) is 0.400. The highest BCUT2D eigenvalue weighted by atomic mass is 32.2. The lowest BCUT2D eigenvalue weighted by Gasteiger charge is -2.20. The third-order valence-electron chi connectivity index (χ3n) is 2.44.